The summed E-state index contributed by atoms with van der Waals surface area (Å²) in [6.45, 7) is 0.477. The fraction of sp³-hybridized carbons (Fsp3) is 0.143. The molecule has 10 heteroatoms. The summed E-state index contributed by atoms with van der Waals surface area (Å²) in [5.41, 5.74) is 2.05. The van der Waals surface area contributed by atoms with Crippen molar-refractivity contribution in [1.29, 1.82) is 0 Å². The van der Waals surface area contributed by atoms with Gasteiger partial charge in [-0.3, -0.25) is 4.72 Å². The highest BCUT2D eigenvalue weighted by Gasteiger charge is 2.29. The quantitative estimate of drug-likeness (QED) is 0.561. The van der Waals surface area contributed by atoms with E-state index in [0.29, 0.717) is 23.7 Å². The number of halogens is 2. The van der Waals surface area contributed by atoms with E-state index in [4.69, 9.17) is 23.2 Å². The first kappa shape index (κ1) is 22.1. The maximum absolute atomic E-state index is 13.0. The zero-order chi connectivity index (χ0) is 22.2. The monoisotopic (exact) mass is 496 g/mol. The van der Waals surface area contributed by atoms with E-state index in [0.717, 1.165) is 11.1 Å². The van der Waals surface area contributed by atoms with Crippen molar-refractivity contribution in [2.45, 2.75) is 22.8 Å². The Morgan fingerprint density at radius 2 is 1.55 bits per heavy atom. The molecule has 0 aromatic heterocycles. The summed E-state index contributed by atoms with van der Waals surface area (Å²) < 4.78 is 55.3. The highest BCUT2D eigenvalue weighted by molar-refractivity contribution is 7.92. The molecule has 0 fully saturated rings. The number of hydrogen-bond acceptors (Lipinski definition) is 4. The van der Waals surface area contributed by atoms with Crippen molar-refractivity contribution in [2.75, 3.05) is 11.3 Å². The van der Waals surface area contributed by atoms with Gasteiger partial charge in [-0.1, -0.05) is 41.4 Å². The van der Waals surface area contributed by atoms with Crippen molar-refractivity contribution in [3.63, 3.8) is 0 Å². The van der Waals surface area contributed by atoms with Crippen LogP contribution < -0.4 is 4.72 Å². The molecule has 3 aromatic carbocycles. The summed E-state index contributed by atoms with van der Waals surface area (Å²) >= 11 is 11.9. The third kappa shape index (κ3) is 4.58. The van der Waals surface area contributed by atoms with Crippen LogP contribution in [0.4, 0.5) is 5.69 Å². The highest BCUT2D eigenvalue weighted by atomic mass is 35.5. The van der Waals surface area contributed by atoms with Gasteiger partial charge in [0, 0.05) is 23.8 Å². The first-order chi connectivity index (χ1) is 14.7. The van der Waals surface area contributed by atoms with Gasteiger partial charge in [-0.15, -0.1) is 0 Å². The van der Waals surface area contributed by atoms with Crippen molar-refractivity contribution in [3.8, 4) is 0 Å². The van der Waals surface area contributed by atoms with Gasteiger partial charge in [0.25, 0.3) is 10.0 Å². The maximum Gasteiger partial charge on any atom is 0.263 e. The minimum Gasteiger partial charge on any atom is -0.280 e. The van der Waals surface area contributed by atoms with Gasteiger partial charge in [0.2, 0.25) is 10.0 Å². The molecule has 0 saturated carbocycles. The number of nitrogens with one attached hydrogen (secondary N) is 1. The second-order valence-corrected chi connectivity index (χ2v) is 11.5. The van der Waals surface area contributed by atoms with Gasteiger partial charge in [0.05, 0.1) is 9.92 Å². The lowest BCUT2D eigenvalue weighted by Gasteiger charge is -2.28. The third-order valence-corrected chi connectivity index (χ3v) is 9.01. The lowest BCUT2D eigenvalue weighted by atomic mass is 10.0. The molecule has 0 radical (unpaired) electrons. The highest BCUT2D eigenvalue weighted by Crippen LogP contribution is 2.29. The molecule has 1 heterocycles. The number of hydrogen-bond donors (Lipinski definition) is 1. The van der Waals surface area contributed by atoms with Gasteiger partial charge in [0.1, 0.15) is 4.90 Å². The lowest BCUT2D eigenvalue weighted by molar-refractivity contribution is 0.391. The summed E-state index contributed by atoms with van der Waals surface area (Å²) in [7, 11) is -7.59. The Morgan fingerprint density at radius 1 is 0.839 bits per heavy atom. The van der Waals surface area contributed by atoms with Gasteiger partial charge in [-0.2, -0.15) is 4.31 Å². The number of nitrogens with zero attached hydrogens (tertiary/aromatic N) is 1. The molecule has 1 N–H and O–H groups in total. The third-order valence-electron chi connectivity index (χ3n) is 5.01. The van der Waals surface area contributed by atoms with Crippen LogP contribution in [0.15, 0.2) is 76.5 Å². The Morgan fingerprint density at radius 3 is 2.26 bits per heavy atom. The summed E-state index contributed by atoms with van der Waals surface area (Å²) in [6.07, 6.45) is 0.527. The largest absolute Gasteiger partial charge is 0.280 e. The lowest BCUT2D eigenvalue weighted by Crippen LogP contribution is -2.36. The molecule has 162 valence electrons. The number of rotatable bonds is 5. The average Bonchev–Trinajstić information content (AvgIpc) is 2.73. The SMILES string of the molecule is O=S(=O)(Nc1ccc2c(c1)CN(S(=O)(=O)c1ccc(Cl)cc1)CC2)c1ccccc1Cl. The zero-order valence-corrected chi connectivity index (χ0v) is 19.3. The molecule has 0 spiro atoms. The molecule has 3 aromatic rings. The van der Waals surface area contributed by atoms with E-state index in [1.807, 2.05) is 6.07 Å². The fourth-order valence-corrected chi connectivity index (χ4v) is 6.54. The second kappa shape index (κ2) is 8.44. The predicted octanol–water partition coefficient (Wildman–Crippen LogP) is 4.54. The minimum absolute atomic E-state index is 0.0265. The van der Waals surface area contributed by atoms with Crippen LogP contribution in [0.3, 0.4) is 0 Å². The van der Waals surface area contributed by atoms with Crippen LogP contribution >= 0.6 is 23.2 Å². The Kier molecular flexibility index (Phi) is 6.02. The van der Waals surface area contributed by atoms with E-state index in [2.05, 4.69) is 4.72 Å². The van der Waals surface area contributed by atoms with Gasteiger partial charge < -0.3 is 0 Å². The molecule has 4 rings (SSSR count). The van der Waals surface area contributed by atoms with Crippen molar-refractivity contribution < 1.29 is 16.8 Å². The fourth-order valence-electron chi connectivity index (χ4n) is 3.43. The maximum atomic E-state index is 13.0. The molecule has 6 nitrogen and oxygen atoms in total. The van der Waals surface area contributed by atoms with Crippen LogP contribution in [-0.2, 0) is 33.0 Å². The van der Waals surface area contributed by atoms with Crippen LogP contribution in [0, 0.1) is 0 Å². The van der Waals surface area contributed by atoms with E-state index in [1.165, 1.54) is 40.7 Å². The summed E-state index contributed by atoms with van der Waals surface area (Å²) in [5, 5.41) is 0.576. The number of benzene rings is 3. The van der Waals surface area contributed by atoms with Crippen LogP contribution in [0.1, 0.15) is 11.1 Å². The molecule has 0 amide bonds. The molecule has 1 aliphatic rings. The summed E-state index contributed by atoms with van der Waals surface area (Å²) in [5.74, 6) is 0. The van der Waals surface area contributed by atoms with E-state index in [1.54, 1.807) is 24.3 Å². The van der Waals surface area contributed by atoms with Crippen molar-refractivity contribution >= 4 is 48.9 Å². The first-order valence-electron chi connectivity index (χ1n) is 9.32. The first-order valence-corrected chi connectivity index (χ1v) is 13.0. The smallest absolute Gasteiger partial charge is 0.263 e. The molecule has 0 unspecified atom stereocenters. The Balaban J connectivity index is 1.60. The minimum atomic E-state index is -3.89. The summed E-state index contributed by atoms with van der Waals surface area (Å²) in [4.78, 5) is 0.136. The van der Waals surface area contributed by atoms with Gasteiger partial charge in [-0.05, 0) is 66.1 Å². The van der Waals surface area contributed by atoms with E-state index >= 15 is 0 Å². The van der Waals surface area contributed by atoms with Crippen LogP contribution in [0.5, 0.6) is 0 Å². The molecule has 0 saturated heterocycles. The second-order valence-electron chi connectivity index (χ2n) is 7.06. The number of sulfonamides is 2. The molecule has 31 heavy (non-hydrogen) atoms. The van der Waals surface area contributed by atoms with Crippen molar-refractivity contribution in [3.05, 3.63) is 87.9 Å². The van der Waals surface area contributed by atoms with E-state index < -0.39 is 20.0 Å². The standard InChI is InChI=1S/C21H18Cl2N2O4S2/c22-17-6-9-19(10-7-17)31(28,29)25-12-11-15-5-8-18(13-16(15)14-25)24-30(26,27)21-4-2-1-3-20(21)23/h1-10,13,24H,11-12,14H2. The molecule has 0 atom stereocenters. The average molecular weight is 497 g/mol. The topological polar surface area (TPSA) is 83.6 Å². The van der Waals surface area contributed by atoms with Gasteiger partial charge in [-0.25, -0.2) is 16.8 Å². The van der Waals surface area contributed by atoms with Crippen LogP contribution in [0.2, 0.25) is 10.0 Å². The number of fused-ring (bicyclic) bond motifs is 1. The molecule has 0 bridgehead atoms. The molecule has 0 aliphatic carbocycles. The molecular weight excluding hydrogens is 479 g/mol. The Bertz CT molecular complexity index is 1340. The van der Waals surface area contributed by atoms with Crippen LogP contribution in [-0.4, -0.2) is 27.7 Å². The van der Waals surface area contributed by atoms with E-state index in [-0.39, 0.29) is 21.4 Å². The molecule has 1 aliphatic heterocycles. The summed E-state index contributed by atoms with van der Waals surface area (Å²) in [6, 6.07) is 17.3. The van der Waals surface area contributed by atoms with Crippen LogP contribution in [0.25, 0.3) is 0 Å². The van der Waals surface area contributed by atoms with Crippen molar-refractivity contribution in [2.24, 2.45) is 0 Å². The number of anilines is 1. The zero-order valence-electron chi connectivity index (χ0n) is 16.1. The predicted molar refractivity (Wildman–Crippen MR) is 121 cm³/mol. The normalized spacial score (nSPS) is 14.8. The Hall–Kier alpha value is -2.10. The van der Waals surface area contributed by atoms with Crippen molar-refractivity contribution in [1.82, 2.24) is 4.31 Å². The molecular formula is C21H18Cl2N2O4S2. The van der Waals surface area contributed by atoms with Gasteiger partial charge >= 0.3 is 0 Å². The van der Waals surface area contributed by atoms with E-state index in [9.17, 15) is 16.8 Å². The van der Waals surface area contributed by atoms with Gasteiger partial charge in [0.15, 0.2) is 0 Å². The Labute approximate surface area is 191 Å².